The summed E-state index contributed by atoms with van der Waals surface area (Å²) in [5.74, 6) is 0. The first-order chi connectivity index (χ1) is 13.5. The molecule has 28 heavy (non-hydrogen) atoms. The van der Waals surface area contributed by atoms with E-state index in [1.165, 1.54) is 5.69 Å². The summed E-state index contributed by atoms with van der Waals surface area (Å²) in [5.41, 5.74) is 8.68. The normalized spacial score (nSPS) is 15.9. The molecule has 0 spiro atoms. The summed E-state index contributed by atoms with van der Waals surface area (Å²) in [6.07, 6.45) is -0.313. The van der Waals surface area contributed by atoms with E-state index in [1.54, 1.807) is 0 Å². The van der Waals surface area contributed by atoms with Gasteiger partial charge in [0.1, 0.15) is 6.10 Å². The molecule has 0 aromatic heterocycles. The average Bonchev–Trinajstić information content (AvgIpc) is 2.72. The van der Waals surface area contributed by atoms with E-state index in [-0.39, 0.29) is 6.10 Å². The van der Waals surface area contributed by atoms with Gasteiger partial charge in [0, 0.05) is 64.6 Å². The smallest absolute Gasteiger partial charge is 0.405 e. The molecule has 0 aliphatic carbocycles. The van der Waals surface area contributed by atoms with Crippen molar-refractivity contribution >= 4 is 17.5 Å². The van der Waals surface area contributed by atoms with Gasteiger partial charge in [0.15, 0.2) is 0 Å². The third-order valence-corrected chi connectivity index (χ3v) is 5.24. The summed E-state index contributed by atoms with van der Waals surface area (Å²) >= 11 is 0. The van der Waals surface area contributed by atoms with Crippen molar-refractivity contribution in [2.45, 2.75) is 12.5 Å². The molecule has 0 radical (unpaired) electrons. The van der Waals surface area contributed by atoms with Crippen LogP contribution in [0.1, 0.15) is 18.1 Å². The maximum absolute atomic E-state index is 11.4. The van der Waals surface area contributed by atoms with E-state index in [0.717, 1.165) is 50.4 Å². The summed E-state index contributed by atoms with van der Waals surface area (Å²) in [5, 5.41) is 0. The number of piperazine rings is 1. The van der Waals surface area contributed by atoms with Crippen LogP contribution in [0.2, 0.25) is 0 Å². The van der Waals surface area contributed by atoms with Gasteiger partial charge in [0.2, 0.25) is 0 Å². The predicted molar refractivity (Wildman–Crippen MR) is 114 cm³/mol. The van der Waals surface area contributed by atoms with Gasteiger partial charge in [-0.05, 0) is 29.8 Å². The molecule has 2 aromatic carbocycles. The highest BCUT2D eigenvalue weighted by Crippen LogP contribution is 2.25. The van der Waals surface area contributed by atoms with Crippen molar-refractivity contribution in [3.63, 3.8) is 0 Å². The molecule has 3 rings (SSSR count). The number of amides is 1. The highest BCUT2D eigenvalue weighted by atomic mass is 16.6. The third-order valence-electron chi connectivity index (χ3n) is 5.24. The number of anilines is 2. The highest BCUT2D eigenvalue weighted by Gasteiger charge is 2.21. The number of hydrogen-bond acceptors (Lipinski definition) is 5. The Morgan fingerprint density at radius 1 is 1.04 bits per heavy atom. The number of hydrogen-bond donors (Lipinski definition) is 1. The van der Waals surface area contributed by atoms with Crippen molar-refractivity contribution < 1.29 is 9.53 Å². The molecule has 6 nitrogen and oxygen atoms in total. The van der Waals surface area contributed by atoms with Crippen molar-refractivity contribution in [2.75, 3.05) is 56.6 Å². The zero-order valence-corrected chi connectivity index (χ0v) is 16.8. The second kappa shape index (κ2) is 9.46. The molecular formula is C22H30N4O2. The Morgan fingerprint density at radius 3 is 2.25 bits per heavy atom. The van der Waals surface area contributed by atoms with Crippen LogP contribution in [0.5, 0.6) is 0 Å². The lowest BCUT2D eigenvalue weighted by molar-refractivity contribution is 0.0911. The Balaban J connectivity index is 1.55. The first-order valence-electron chi connectivity index (χ1n) is 9.78. The van der Waals surface area contributed by atoms with Gasteiger partial charge in [-0.2, -0.15) is 0 Å². The summed E-state index contributed by atoms with van der Waals surface area (Å²) in [6.45, 7) is 4.87. The van der Waals surface area contributed by atoms with Crippen molar-refractivity contribution in [1.29, 1.82) is 0 Å². The first kappa shape index (κ1) is 20.0. The van der Waals surface area contributed by atoms with Gasteiger partial charge in [-0.1, -0.05) is 30.3 Å². The SMILES string of the molecule is CN(C)c1ccc(C(CCN2CCN(c3ccccc3)CC2)OC(N)=O)cc1. The molecular weight excluding hydrogens is 352 g/mol. The summed E-state index contributed by atoms with van der Waals surface area (Å²) < 4.78 is 5.41. The quantitative estimate of drug-likeness (QED) is 0.797. The van der Waals surface area contributed by atoms with Gasteiger partial charge < -0.3 is 20.3 Å². The molecule has 6 heteroatoms. The van der Waals surface area contributed by atoms with E-state index in [0.29, 0.717) is 0 Å². The highest BCUT2D eigenvalue weighted by molar-refractivity contribution is 5.65. The molecule has 1 fully saturated rings. The van der Waals surface area contributed by atoms with E-state index in [2.05, 4.69) is 34.1 Å². The fraction of sp³-hybridized carbons (Fsp3) is 0.409. The van der Waals surface area contributed by atoms with Gasteiger partial charge in [-0.25, -0.2) is 4.79 Å². The number of nitrogens with zero attached hydrogens (tertiary/aromatic N) is 3. The number of primary amides is 1. The number of ether oxygens (including phenoxy) is 1. The van der Waals surface area contributed by atoms with Gasteiger partial charge >= 0.3 is 6.09 Å². The van der Waals surface area contributed by atoms with Crippen LogP contribution in [0.4, 0.5) is 16.2 Å². The minimum Gasteiger partial charge on any atom is -0.441 e. The minimum atomic E-state index is -0.726. The van der Waals surface area contributed by atoms with Crippen molar-refractivity contribution in [1.82, 2.24) is 4.90 Å². The lowest BCUT2D eigenvalue weighted by atomic mass is 10.1. The lowest BCUT2D eigenvalue weighted by Gasteiger charge is -2.36. The van der Waals surface area contributed by atoms with Crippen LogP contribution >= 0.6 is 0 Å². The van der Waals surface area contributed by atoms with E-state index >= 15 is 0 Å². The summed E-state index contributed by atoms with van der Waals surface area (Å²) in [4.78, 5) is 18.3. The Bertz CT molecular complexity index is 741. The van der Waals surface area contributed by atoms with Crippen LogP contribution in [-0.2, 0) is 4.74 Å². The van der Waals surface area contributed by atoms with Crippen LogP contribution in [-0.4, -0.2) is 57.8 Å². The van der Waals surface area contributed by atoms with Crippen molar-refractivity contribution in [3.05, 3.63) is 60.2 Å². The number of nitrogens with two attached hydrogens (primary N) is 1. The van der Waals surface area contributed by atoms with Crippen LogP contribution in [0, 0.1) is 0 Å². The monoisotopic (exact) mass is 382 g/mol. The van der Waals surface area contributed by atoms with Crippen LogP contribution in [0.25, 0.3) is 0 Å². The van der Waals surface area contributed by atoms with Crippen LogP contribution < -0.4 is 15.5 Å². The van der Waals surface area contributed by atoms with Gasteiger partial charge in [-0.15, -0.1) is 0 Å². The summed E-state index contributed by atoms with van der Waals surface area (Å²) in [7, 11) is 4.00. The molecule has 1 unspecified atom stereocenters. The molecule has 1 aliphatic heterocycles. The summed E-state index contributed by atoms with van der Waals surface area (Å²) in [6, 6.07) is 18.6. The van der Waals surface area contributed by atoms with E-state index in [9.17, 15) is 4.79 Å². The largest absolute Gasteiger partial charge is 0.441 e. The van der Waals surface area contributed by atoms with E-state index in [4.69, 9.17) is 10.5 Å². The number of carbonyl (C=O) groups is 1. The Kier molecular flexibility index (Phi) is 6.76. The van der Waals surface area contributed by atoms with Crippen molar-refractivity contribution in [2.24, 2.45) is 5.73 Å². The zero-order valence-electron chi connectivity index (χ0n) is 16.8. The number of carbonyl (C=O) groups excluding carboxylic acids is 1. The fourth-order valence-electron chi connectivity index (χ4n) is 3.59. The second-order valence-corrected chi connectivity index (χ2v) is 7.36. The number of para-hydroxylation sites is 1. The molecule has 2 aromatic rings. The Hall–Kier alpha value is -2.73. The molecule has 150 valence electrons. The fourth-order valence-corrected chi connectivity index (χ4v) is 3.59. The van der Waals surface area contributed by atoms with E-state index in [1.807, 2.05) is 49.3 Å². The third kappa shape index (κ3) is 5.39. The van der Waals surface area contributed by atoms with Gasteiger partial charge in [0.05, 0.1) is 0 Å². The Morgan fingerprint density at radius 2 is 1.68 bits per heavy atom. The predicted octanol–water partition coefficient (Wildman–Crippen LogP) is 3.10. The maximum Gasteiger partial charge on any atom is 0.405 e. The molecule has 0 saturated carbocycles. The lowest BCUT2D eigenvalue weighted by Crippen LogP contribution is -2.46. The average molecular weight is 383 g/mol. The molecule has 0 bridgehead atoms. The standard InChI is InChI=1S/C22H30N4O2/c1-24(2)19-10-8-18(9-11-19)21(28-22(23)27)12-13-25-14-16-26(17-15-25)20-6-4-3-5-7-20/h3-11,21H,12-17H2,1-2H3,(H2,23,27). The molecule has 2 N–H and O–H groups in total. The minimum absolute atomic E-state index is 0.319. The Labute approximate surface area is 167 Å². The topological polar surface area (TPSA) is 62.0 Å². The van der Waals surface area contributed by atoms with Crippen LogP contribution in [0.3, 0.4) is 0 Å². The molecule has 1 amide bonds. The van der Waals surface area contributed by atoms with Crippen LogP contribution in [0.15, 0.2) is 54.6 Å². The first-order valence-corrected chi connectivity index (χ1v) is 9.78. The zero-order chi connectivity index (χ0) is 19.9. The van der Waals surface area contributed by atoms with Gasteiger partial charge in [0.25, 0.3) is 0 Å². The van der Waals surface area contributed by atoms with Crippen molar-refractivity contribution in [3.8, 4) is 0 Å². The molecule has 1 atom stereocenters. The molecule has 1 aliphatic rings. The molecule has 1 saturated heterocycles. The number of benzene rings is 2. The molecule has 1 heterocycles. The van der Waals surface area contributed by atoms with Gasteiger partial charge in [-0.3, -0.25) is 4.90 Å². The number of rotatable bonds is 7. The van der Waals surface area contributed by atoms with E-state index < -0.39 is 6.09 Å². The maximum atomic E-state index is 11.4. The second-order valence-electron chi connectivity index (χ2n) is 7.36.